The quantitative estimate of drug-likeness (QED) is 0.668. The lowest BCUT2D eigenvalue weighted by atomic mass is 10.2. The number of nitrogens with two attached hydrogens (primary N) is 1. The summed E-state index contributed by atoms with van der Waals surface area (Å²) in [4.78, 5) is 21.5. The number of rotatable bonds is 6. The molecule has 4 N–H and O–H groups in total. The number of carboxylic acid groups (broad SMARTS) is 1. The Hall–Kier alpha value is -1.45. The summed E-state index contributed by atoms with van der Waals surface area (Å²) in [6, 6.07) is 4.13. The van der Waals surface area contributed by atoms with E-state index < -0.39 is 34.4 Å². The predicted molar refractivity (Wildman–Crippen MR) is 69.7 cm³/mol. The van der Waals surface area contributed by atoms with Gasteiger partial charge in [0.15, 0.2) is 0 Å². The number of benzene rings is 1. The highest BCUT2D eigenvalue weighted by atomic mass is 79.9. The molecule has 0 heterocycles. The number of carbonyl (C=O) groups is 2. The lowest BCUT2D eigenvalue weighted by Crippen LogP contribution is -2.43. The minimum absolute atomic E-state index is 0.113. The Labute approximate surface area is 118 Å². The molecule has 0 fully saturated rings. The number of amides is 1. The molecule has 1 rings (SSSR count). The molecule has 1 amide bonds. The summed E-state index contributed by atoms with van der Waals surface area (Å²) in [6.07, 6.45) is -0.622. The van der Waals surface area contributed by atoms with E-state index in [1.807, 2.05) is 4.72 Å². The molecule has 1 aromatic rings. The molecule has 0 saturated carbocycles. The third-order valence-electron chi connectivity index (χ3n) is 2.11. The van der Waals surface area contributed by atoms with Crippen LogP contribution in [0.15, 0.2) is 33.6 Å². The van der Waals surface area contributed by atoms with Crippen molar-refractivity contribution >= 4 is 37.8 Å². The summed E-state index contributed by atoms with van der Waals surface area (Å²) in [7, 11) is -4.04. The molecule has 0 bridgehead atoms. The van der Waals surface area contributed by atoms with Crippen molar-refractivity contribution in [2.24, 2.45) is 5.73 Å². The smallest absolute Gasteiger partial charge is 0.322 e. The third-order valence-corrected chi connectivity index (χ3v) is 4.07. The Kier molecular flexibility index (Phi) is 5.04. The molecule has 1 atom stereocenters. The number of sulfonamides is 1. The fourth-order valence-corrected chi connectivity index (χ4v) is 3.06. The first kappa shape index (κ1) is 15.6. The third kappa shape index (κ3) is 4.62. The second-order valence-corrected chi connectivity index (χ2v) is 6.27. The van der Waals surface area contributed by atoms with Crippen LogP contribution in [0.25, 0.3) is 0 Å². The standard InChI is InChI=1S/C10H11BrN2O5S/c11-6-2-1-3-7(4-6)19(17,18)13-8(10(15)16)5-9(12)14/h1-4,8,13H,5H2,(H2,12,14)(H,15,16)/t8-/m1/s1. The van der Waals surface area contributed by atoms with Crippen molar-refractivity contribution in [3.8, 4) is 0 Å². The zero-order chi connectivity index (χ0) is 14.6. The highest BCUT2D eigenvalue weighted by molar-refractivity contribution is 9.10. The van der Waals surface area contributed by atoms with Crippen LogP contribution in [0.1, 0.15) is 6.42 Å². The molecule has 0 saturated heterocycles. The van der Waals surface area contributed by atoms with Crippen molar-refractivity contribution in [1.29, 1.82) is 0 Å². The molecule has 1 aromatic carbocycles. The molecule has 9 heteroatoms. The fraction of sp³-hybridized carbons (Fsp3) is 0.200. The van der Waals surface area contributed by atoms with Gasteiger partial charge >= 0.3 is 5.97 Å². The van der Waals surface area contributed by atoms with E-state index in [2.05, 4.69) is 15.9 Å². The molecule has 7 nitrogen and oxygen atoms in total. The Morgan fingerprint density at radius 1 is 1.42 bits per heavy atom. The second kappa shape index (κ2) is 6.13. The Bertz CT molecular complexity index is 602. The van der Waals surface area contributed by atoms with Crippen LogP contribution in [0, 0.1) is 0 Å². The van der Waals surface area contributed by atoms with Gasteiger partial charge in [0.2, 0.25) is 15.9 Å². The average Bonchev–Trinajstić information content (AvgIpc) is 2.27. The molecule has 0 aliphatic rings. The zero-order valence-electron chi connectivity index (χ0n) is 9.54. The molecule has 0 aromatic heterocycles. The predicted octanol–water partition coefficient (Wildman–Crippen LogP) is 0.0560. The summed E-state index contributed by atoms with van der Waals surface area (Å²) in [5.41, 5.74) is 4.87. The van der Waals surface area contributed by atoms with Crippen LogP contribution in [-0.2, 0) is 19.6 Å². The van der Waals surface area contributed by atoms with Crippen LogP contribution in [0.3, 0.4) is 0 Å². The number of nitrogens with one attached hydrogen (secondary N) is 1. The van der Waals surface area contributed by atoms with E-state index in [0.29, 0.717) is 4.47 Å². The van der Waals surface area contributed by atoms with Gasteiger partial charge in [0.05, 0.1) is 11.3 Å². The molecule has 0 radical (unpaired) electrons. The van der Waals surface area contributed by atoms with E-state index in [9.17, 15) is 18.0 Å². The maximum absolute atomic E-state index is 11.9. The minimum atomic E-state index is -4.04. The first-order chi connectivity index (χ1) is 8.72. The highest BCUT2D eigenvalue weighted by Gasteiger charge is 2.26. The number of halogens is 1. The van der Waals surface area contributed by atoms with Crippen LogP contribution >= 0.6 is 15.9 Å². The van der Waals surface area contributed by atoms with Crippen molar-refractivity contribution in [2.75, 3.05) is 0 Å². The van der Waals surface area contributed by atoms with Gasteiger partial charge in [-0.05, 0) is 18.2 Å². The molecule has 19 heavy (non-hydrogen) atoms. The Morgan fingerprint density at radius 3 is 2.53 bits per heavy atom. The van der Waals surface area contributed by atoms with E-state index in [0.717, 1.165) is 0 Å². The molecule has 0 unspecified atom stereocenters. The van der Waals surface area contributed by atoms with E-state index in [4.69, 9.17) is 10.8 Å². The molecular formula is C10H11BrN2O5S. The number of hydrogen-bond donors (Lipinski definition) is 3. The Balaban J connectivity index is 3.00. The number of aliphatic carboxylic acids is 1. The van der Waals surface area contributed by atoms with Crippen molar-refractivity contribution in [3.63, 3.8) is 0 Å². The van der Waals surface area contributed by atoms with Gasteiger partial charge in [-0.2, -0.15) is 4.72 Å². The van der Waals surface area contributed by atoms with Gasteiger partial charge in [-0.3, -0.25) is 9.59 Å². The fourth-order valence-electron chi connectivity index (χ4n) is 1.27. The van der Waals surface area contributed by atoms with Crippen LogP contribution in [-0.4, -0.2) is 31.4 Å². The maximum atomic E-state index is 11.9. The Morgan fingerprint density at radius 2 is 2.05 bits per heavy atom. The first-order valence-electron chi connectivity index (χ1n) is 5.01. The molecule has 104 valence electrons. The monoisotopic (exact) mass is 350 g/mol. The van der Waals surface area contributed by atoms with Gasteiger partial charge < -0.3 is 10.8 Å². The minimum Gasteiger partial charge on any atom is -0.480 e. The lowest BCUT2D eigenvalue weighted by molar-refractivity contribution is -0.140. The summed E-state index contributed by atoms with van der Waals surface area (Å²) in [5.74, 6) is -2.39. The van der Waals surface area contributed by atoms with Crippen molar-refractivity contribution in [3.05, 3.63) is 28.7 Å². The molecule has 0 aliphatic heterocycles. The van der Waals surface area contributed by atoms with Gasteiger partial charge in [-0.25, -0.2) is 8.42 Å². The van der Waals surface area contributed by atoms with Gasteiger partial charge in [0, 0.05) is 4.47 Å². The normalized spacial score (nSPS) is 12.9. The summed E-state index contributed by atoms with van der Waals surface area (Å²) in [6.45, 7) is 0. The zero-order valence-corrected chi connectivity index (χ0v) is 11.9. The topological polar surface area (TPSA) is 127 Å². The summed E-state index contributed by atoms with van der Waals surface area (Å²) in [5, 5.41) is 8.84. The van der Waals surface area contributed by atoms with E-state index in [-0.39, 0.29) is 4.90 Å². The first-order valence-corrected chi connectivity index (χ1v) is 7.29. The van der Waals surface area contributed by atoms with E-state index >= 15 is 0 Å². The number of carboxylic acids is 1. The second-order valence-electron chi connectivity index (χ2n) is 3.64. The van der Waals surface area contributed by atoms with Crippen LogP contribution in [0.5, 0.6) is 0 Å². The van der Waals surface area contributed by atoms with Crippen molar-refractivity contribution in [2.45, 2.75) is 17.4 Å². The van der Waals surface area contributed by atoms with Crippen molar-refractivity contribution in [1.82, 2.24) is 4.72 Å². The van der Waals surface area contributed by atoms with E-state index in [1.54, 1.807) is 6.07 Å². The SMILES string of the molecule is NC(=O)C[C@@H](NS(=O)(=O)c1cccc(Br)c1)C(=O)O. The summed E-state index contributed by atoms with van der Waals surface area (Å²) < 4.78 is 26.3. The largest absolute Gasteiger partial charge is 0.480 e. The van der Waals surface area contributed by atoms with Gasteiger partial charge in [-0.1, -0.05) is 22.0 Å². The van der Waals surface area contributed by atoms with Crippen LogP contribution in [0.4, 0.5) is 0 Å². The van der Waals surface area contributed by atoms with Gasteiger partial charge in [0.1, 0.15) is 6.04 Å². The number of hydrogen-bond acceptors (Lipinski definition) is 4. The van der Waals surface area contributed by atoms with Crippen LogP contribution < -0.4 is 10.5 Å². The van der Waals surface area contributed by atoms with Gasteiger partial charge in [-0.15, -0.1) is 0 Å². The van der Waals surface area contributed by atoms with Crippen molar-refractivity contribution < 1.29 is 23.1 Å². The molecular weight excluding hydrogens is 340 g/mol. The average molecular weight is 351 g/mol. The lowest BCUT2D eigenvalue weighted by Gasteiger charge is -2.13. The number of carbonyl (C=O) groups excluding carboxylic acids is 1. The summed E-state index contributed by atoms with van der Waals surface area (Å²) >= 11 is 3.11. The highest BCUT2D eigenvalue weighted by Crippen LogP contribution is 2.16. The molecule has 0 spiro atoms. The van der Waals surface area contributed by atoms with E-state index in [1.165, 1.54) is 18.2 Å². The molecule has 0 aliphatic carbocycles. The van der Waals surface area contributed by atoms with Gasteiger partial charge in [0.25, 0.3) is 0 Å². The maximum Gasteiger partial charge on any atom is 0.322 e. The number of primary amides is 1. The van der Waals surface area contributed by atoms with Crippen LogP contribution in [0.2, 0.25) is 0 Å².